The van der Waals surface area contributed by atoms with Crippen LogP contribution in [0.25, 0.3) is 10.4 Å². The van der Waals surface area contributed by atoms with Crippen molar-refractivity contribution in [1.29, 1.82) is 0 Å². The van der Waals surface area contributed by atoms with Crippen LogP contribution in [-0.4, -0.2) is 67.1 Å². The zero-order chi connectivity index (χ0) is 28.4. The molecular weight excluding hydrogens is 563 g/mol. The Morgan fingerprint density at radius 1 is 1.05 bits per heavy atom. The SMILES string of the molecule is CC1CCCCN1C(=O)c1nc(C(=O)NC2CCS(=O)CC2)sc1-c1cnc(NC2CCCC2)cc1C(F)(F)F. The Morgan fingerprint density at radius 3 is 2.42 bits per heavy atom. The molecule has 2 saturated heterocycles. The number of aromatic nitrogens is 2. The third kappa shape index (κ3) is 6.50. The van der Waals surface area contributed by atoms with Gasteiger partial charge in [-0.2, -0.15) is 13.2 Å². The first-order valence-corrected chi connectivity index (χ1v) is 16.2. The minimum Gasteiger partial charge on any atom is -0.367 e. The summed E-state index contributed by atoms with van der Waals surface area (Å²) in [6.07, 6.45) is 3.86. The van der Waals surface area contributed by atoms with Gasteiger partial charge in [0.1, 0.15) is 11.5 Å². The van der Waals surface area contributed by atoms with Crippen LogP contribution in [0.1, 0.15) is 90.6 Å². The first-order valence-electron chi connectivity index (χ1n) is 13.9. The van der Waals surface area contributed by atoms with Gasteiger partial charge in [0.15, 0.2) is 5.01 Å². The number of pyridine rings is 1. The van der Waals surface area contributed by atoms with Gasteiger partial charge in [0.05, 0.1) is 10.4 Å². The lowest BCUT2D eigenvalue weighted by Gasteiger charge is -2.33. The molecule has 0 radical (unpaired) electrons. The number of likely N-dealkylation sites (tertiary alicyclic amines) is 1. The summed E-state index contributed by atoms with van der Waals surface area (Å²) in [4.78, 5) is 37.2. The number of alkyl halides is 3. The van der Waals surface area contributed by atoms with Gasteiger partial charge >= 0.3 is 6.18 Å². The standard InChI is InChI=1S/C27H34F3N5O3S2/c1-16-6-4-5-11-35(16)26(37)22-23(39-25(34-22)24(36)33-18-9-12-40(38)13-10-18)19-15-31-21(14-20(19)27(28,29)30)32-17-7-2-3-8-17/h14-18H,2-13H2,1H3,(H,31,32)(H,33,36). The molecular formula is C27H34F3N5O3S2. The van der Waals surface area contributed by atoms with E-state index in [-0.39, 0.29) is 45.1 Å². The van der Waals surface area contributed by atoms with Crippen LogP contribution in [-0.2, 0) is 17.0 Å². The highest BCUT2D eigenvalue weighted by Crippen LogP contribution is 2.42. The summed E-state index contributed by atoms with van der Waals surface area (Å²) in [5, 5.41) is 5.91. The van der Waals surface area contributed by atoms with Crippen LogP contribution in [0.15, 0.2) is 12.3 Å². The van der Waals surface area contributed by atoms with Crippen molar-refractivity contribution in [2.24, 2.45) is 0 Å². The van der Waals surface area contributed by atoms with Crippen LogP contribution in [0.2, 0.25) is 0 Å². The maximum Gasteiger partial charge on any atom is 0.417 e. The van der Waals surface area contributed by atoms with E-state index in [1.54, 1.807) is 4.90 Å². The van der Waals surface area contributed by atoms with E-state index in [4.69, 9.17) is 0 Å². The number of nitrogens with zero attached hydrogens (tertiary/aromatic N) is 3. The van der Waals surface area contributed by atoms with Crippen molar-refractivity contribution >= 4 is 39.8 Å². The van der Waals surface area contributed by atoms with Crippen LogP contribution in [0, 0.1) is 0 Å². The van der Waals surface area contributed by atoms with Crippen molar-refractivity contribution < 1.29 is 27.0 Å². The van der Waals surface area contributed by atoms with Crippen molar-refractivity contribution in [3.8, 4) is 10.4 Å². The second-order valence-corrected chi connectivity index (χ2v) is 13.6. The smallest absolute Gasteiger partial charge is 0.367 e. The second-order valence-electron chi connectivity index (χ2n) is 10.9. The molecule has 3 aliphatic rings. The third-order valence-electron chi connectivity index (χ3n) is 7.97. The number of amides is 2. The third-order valence-corrected chi connectivity index (χ3v) is 10.4. The van der Waals surface area contributed by atoms with E-state index in [0.29, 0.717) is 30.9 Å². The van der Waals surface area contributed by atoms with Crippen LogP contribution in [0.3, 0.4) is 0 Å². The summed E-state index contributed by atoms with van der Waals surface area (Å²) >= 11 is 0.781. The Morgan fingerprint density at radius 2 is 1.75 bits per heavy atom. The highest BCUT2D eigenvalue weighted by molar-refractivity contribution is 7.85. The van der Waals surface area contributed by atoms with E-state index in [9.17, 15) is 27.0 Å². The molecule has 4 heterocycles. The number of hydrogen-bond donors (Lipinski definition) is 2. The molecule has 218 valence electrons. The maximum atomic E-state index is 14.4. The van der Waals surface area contributed by atoms with E-state index in [1.165, 1.54) is 0 Å². The van der Waals surface area contributed by atoms with Crippen molar-refractivity contribution in [3.63, 3.8) is 0 Å². The van der Waals surface area contributed by atoms with Crippen LogP contribution in [0.4, 0.5) is 19.0 Å². The normalized spacial score (nSPS) is 24.2. The fraction of sp³-hybridized carbons (Fsp3) is 0.630. The lowest BCUT2D eigenvalue weighted by molar-refractivity contribution is -0.137. The van der Waals surface area contributed by atoms with Crippen molar-refractivity contribution in [1.82, 2.24) is 20.2 Å². The van der Waals surface area contributed by atoms with Gasteiger partial charge in [-0.25, -0.2) is 9.97 Å². The monoisotopic (exact) mass is 597 g/mol. The molecule has 1 atom stereocenters. The molecule has 1 saturated carbocycles. The molecule has 0 spiro atoms. The quantitative estimate of drug-likeness (QED) is 0.473. The van der Waals surface area contributed by atoms with Gasteiger partial charge in [-0.3, -0.25) is 13.8 Å². The molecule has 1 aliphatic carbocycles. The fourth-order valence-corrected chi connectivity index (χ4v) is 7.98. The Hall–Kier alpha value is -2.54. The van der Waals surface area contributed by atoms with Crippen LogP contribution >= 0.6 is 11.3 Å². The Labute approximate surface area is 238 Å². The van der Waals surface area contributed by atoms with Crippen molar-refractivity contribution in [3.05, 3.63) is 28.5 Å². The number of nitrogens with one attached hydrogen (secondary N) is 2. The first-order chi connectivity index (χ1) is 19.1. The lowest BCUT2D eigenvalue weighted by Crippen LogP contribution is -2.42. The van der Waals surface area contributed by atoms with E-state index in [0.717, 1.165) is 68.5 Å². The number of halogens is 3. The van der Waals surface area contributed by atoms with Gasteiger partial charge < -0.3 is 15.5 Å². The summed E-state index contributed by atoms with van der Waals surface area (Å²) in [6, 6.07) is 0.780. The molecule has 13 heteroatoms. The van der Waals surface area contributed by atoms with E-state index in [1.807, 2.05) is 6.92 Å². The number of piperidine rings is 1. The molecule has 2 aromatic heterocycles. The van der Waals surface area contributed by atoms with Gasteiger partial charge in [0.2, 0.25) is 0 Å². The molecule has 40 heavy (non-hydrogen) atoms. The molecule has 0 bridgehead atoms. The van der Waals surface area contributed by atoms with Gasteiger partial charge in [0.25, 0.3) is 11.8 Å². The summed E-state index contributed by atoms with van der Waals surface area (Å²) in [5.41, 5.74) is -1.34. The predicted molar refractivity (Wildman–Crippen MR) is 149 cm³/mol. The summed E-state index contributed by atoms with van der Waals surface area (Å²) in [7, 11) is -0.906. The molecule has 3 fully saturated rings. The summed E-state index contributed by atoms with van der Waals surface area (Å²) < 4.78 is 54.9. The minimum absolute atomic E-state index is 0.00934. The zero-order valence-electron chi connectivity index (χ0n) is 22.4. The molecule has 1 unspecified atom stereocenters. The Kier molecular flexibility index (Phi) is 8.79. The number of carbonyl (C=O) groups is 2. The molecule has 2 N–H and O–H groups in total. The average molecular weight is 598 g/mol. The average Bonchev–Trinajstić information content (AvgIpc) is 3.60. The molecule has 0 aromatic carbocycles. The largest absolute Gasteiger partial charge is 0.417 e. The highest BCUT2D eigenvalue weighted by atomic mass is 32.2. The number of carbonyl (C=O) groups excluding carboxylic acids is 2. The van der Waals surface area contributed by atoms with Crippen molar-refractivity contribution in [2.45, 2.75) is 89.0 Å². The zero-order valence-corrected chi connectivity index (χ0v) is 24.0. The van der Waals surface area contributed by atoms with E-state index >= 15 is 0 Å². The topological polar surface area (TPSA) is 104 Å². The Bertz CT molecular complexity index is 1270. The predicted octanol–water partition coefficient (Wildman–Crippen LogP) is 5.23. The van der Waals surface area contributed by atoms with E-state index in [2.05, 4.69) is 20.6 Å². The van der Waals surface area contributed by atoms with Crippen LogP contribution in [0.5, 0.6) is 0 Å². The van der Waals surface area contributed by atoms with Crippen molar-refractivity contribution in [2.75, 3.05) is 23.4 Å². The Balaban J connectivity index is 1.52. The maximum absolute atomic E-state index is 14.4. The minimum atomic E-state index is -4.72. The lowest BCUT2D eigenvalue weighted by atomic mass is 10.0. The van der Waals surface area contributed by atoms with Crippen LogP contribution < -0.4 is 10.6 Å². The molecule has 8 nitrogen and oxygen atoms in total. The van der Waals surface area contributed by atoms with Gasteiger partial charge in [-0.1, -0.05) is 12.8 Å². The van der Waals surface area contributed by atoms with E-state index < -0.39 is 34.4 Å². The first kappa shape index (κ1) is 29.0. The second kappa shape index (κ2) is 12.1. The van der Waals surface area contributed by atoms with Gasteiger partial charge in [-0.15, -0.1) is 11.3 Å². The number of rotatable bonds is 6. The van der Waals surface area contributed by atoms with Gasteiger partial charge in [-0.05, 0) is 57.9 Å². The summed E-state index contributed by atoms with van der Waals surface area (Å²) in [5.74, 6) is 0.0687. The number of anilines is 1. The summed E-state index contributed by atoms with van der Waals surface area (Å²) in [6.45, 7) is 2.39. The van der Waals surface area contributed by atoms with Gasteiger partial charge in [0, 0.05) is 58.7 Å². The number of hydrogen-bond acceptors (Lipinski definition) is 7. The molecule has 5 rings (SSSR count). The fourth-order valence-electron chi connectivity index (χ4n) is 5.69. The molecule has 2 aliphatic heterocycles. The molecule has 2 aromatic rings. The molecule has 2 amide bonds. The highest BCUT2D eigenvalue weighted by Gasteiger charge is 2.38. The number of thiazole rings is 1.